The molecule has 0 saturated carbocycles. The molecule has 0 spiro atoms. The fourth-order valence-corrected chi connectivity index (χ4v) is 2.52. The van der Waals surface area contributed by atoms with Crippen molar-refractivity contribution in [2.45, 2.75) is 13.5 Å². The smallest absolute Gasteiger partial charge is 0.212 e. The van der Waals surface area contributed by atoms with Gasteiger partial charge in [0.15, 0.2) is 0 Å². The highest BCUT2D eigenvalue weighted by Crippen LogP contribution is 2.22. The molecule has 2 aromatic carbocycles. The molecule has 100 valence electrons. The van der Waals surface area contributed by atoms with Crippen LogP contribution in [0, 0.1) is 0 Å². The van der Waals surface area contributed by atoms with E-state index in [-0.39, 0.29) is 5.78 Å². The second-order valence-electron chi connectivity index (χ2n) is 4.55. The molecule has 0 aliphatic carbocycles. The Hall–Kier alpha value is -2.13. The van der Waals surface area contributed by atoms with Gasteiger partial charge < -0.3 is 0 Å². The van der Waals surface area contributed by atoms with Crippen LogP contribution in [0.25, 0.3) is 10.8 Å². The summed E-state index contributed by atoms with van der Waals surface area (Å²) in [5.74, 6) is -0.0971. The van der Waals surface area contributed by atoms with Gasteiger partial charge in [0.25, 0.3) is 0 Å². The summed E-state index contributed by atoms with van der Waals surface area (Å²) in [5.41, 5.74) is 1.07. The van der Waals surface area contributed by atoms with Gasteiger partial charge in [-0.1, -0.05) is 48.0 Å². The second kappa shape index (κ2) is 5.10. The lowest BCUT2D eigenvalue weighted by Gasteiger charge is -2.06. The number of hydrogen-bond acceptors (Lipinski definition) is 2. The van der Waals surface area contributed by atoms with E-state index in [0.717, 1.165) is 10.8 Å². The highest BCUT2D eigenvalue weighted by molar-refractivity contribution is 6.34. The molecule has 0 bridgehead atoms. The highest BCUT2D eigenvalue weighted by atomic mass is 35.5. The van der Waals surface area contributed by atoms with Crippen LogP contribution in [0.3, 0.4) is 0 Å². The minimum Gasteiger partial charge on any atom is -0.287 e. The van der Waals surface area contributed by atoms with E-state index in [1.807, 2.05) is 49.4 Å². The monoisotopic (exact) mass is 284 g/mol. The average molecular weight is 285 g/mol. The number of aromatic nitrogens is 2. The molecule has 20 heavy (non-hydrogen) atoms. The lowest BCUT2D eigenvalue weighted by Crippen LogP contribution is -2.11. The number of carbonyl (C=O) groups excluding carboxylic acids is 1. The molecule has 1 heterocycles. The molecule has 0 radical (unpaired) electrons. The zero-order chi connectivity index (χ0) is 14.1. The Morgan fingerprint density at radius 2 is 1.95 bits per heavy atom. The van der Waals surface area contributed by atoms with E-state index < -0.39 is 0 Å². The summed E-state index contributed by atoms with van der Waals surface area (Å²) in [4.78, 5) is 12.6. The van der Waals surface area contributed by atoms with Gasteiger partial charge in [-0.25, -0.2) is 0 Å². The molecule has 0 unspecified atom stereocenters. The van der Waals surface area contributed by atoms with Gasteiger partial charge in [0.05, 0.1) is 11.2 Å². The minimum atomic E-state index is -0.0971. The number of aryl methyl sites for hydroxylation is 1. The van der Waals surface area contributed by atoms with E-state index in [1.54, 1.807) is 4.68 Å². The lowest BCUT2D eigenvalue weighted by atomic mass is 10.0. The molecule has 3 aromatic rings. The first kappa shape index (κ1) is 12.9. The van der Waals surface area contributed by atoms with Gasteiger partial charge in [-0.05, 0) is 23.8 Å². The van der Waals surface area contributed by atoms with Crippen LogP contribution in [0.2, 0.25) is 5.02 Å². The van der Waals surface area contributed by atoms with Crippen molar-refractivity contribution in [3.8, 4) is 0 Å². The van der Waals surface area contributed by atoms with Crippen molar-refractivity contribution in [1.29, 1.82) is 0 Å². The number of ketones is 1. The van der Waals surface area contributed by atoms with Crippen LogP contribution in [0.4, 0.5) is 0 Å². The van der Waals surface area contributed by atoms with Crippen LogP contribution in [-0.4, -0.2) is 15.6 Å². The number of carbonyl (C=O) groups is 1. The first-order valence-corrected chi connectivity index (χ1v) is 6.83. The molecular formula is C16H13ClN2O. The summed E-state index contributed by atoms with van der Waals surface area (Å²) in [6.07, 6.45) is 1.51. The summed E-state index contributed by atoms with van der Waals surface area (Å²) in [7, 11) is 0. The number of benzene rings is 2. The van der Waals surface area contributed by atoms with Crippen molar-refractivity contribution >= 4 is 28.2 Å². The third-order valence-corrected chi connectivity index (χ3v) is 3.60. The molecule has 3 nitrogen and oxygen atoms in total. The zero-order valence-corrected chi connectivity index (χ0v) is 11.8. The second-order valence-corrected chi connectivity index (χ2v) is 4.96. The molecule has 0 aliphatic heterocycles. The molecule has 0 aliphatic rings. The van der Waals surface area contributed by atoms with Gasteiger partial charge in [0, 0.05) is 12.1 Å². The van der Waals surface area contributed by atoms with Crippen LogP contribution >= 0.6 is 11.6 Å². The molecule has 1 aromatic heterocycles. The summed E-state index contributed by atoms with van der Waals surface area (Å²) in [6.45, 7) is 2.54. The van der Waals surface area contributed by atoms with Gasteiger partial charge in [-0.15, -0.1) is 0 Å². The Morgan fingerprint density at radius 3 is 2.70 bits per heavy atom. The van der Waals surface area contributed by atoms with Crippen LogP contribution in [0.15, 0.2) is 48.7 Å². The van der Waals surface area contributed by atoms with Crippen molar-refractivity contribution in [2.24, 2.45) is 0 Å². The normalized spacial score (nSPS) is 10.9. The summed E-state index contributed by atoms with van der Waals surface area (Å²) in [5, 5.41) is 6.65. The summed E-state index contributed by atoms with van der Waals surface area (Å²) in [6, 6.07) is 13.6. The van der Waals surface area contributed by atoms with E-state index in [0.29, 0.717) is 22.8 Å². The average Bonchev–Trinajstić information content (AvgIpc) is 2.87. The fourth-order valence-electron chi connectivity index (χ4n) is 2.30. The standard InChI is InChI=1S/C16H13ClN2O/c1-2-19-15(14(17)10-18-19)16(20)13-8-7-11-5-3-4-6-12(11)9-13/h3-10H,2H2,1H3. The third kappa shape index (κ3) is 2.10. The van der Waals surface area contributed by atoms with Crippen molar-refractivity contribution in [3.05, 3.63) is 64.9 Å². The molecule has 0 amide bonds. The van der Waals surface area contributed by atoms with E-state index >= 15 is 0 Å². The first-order valence-electron chi connectivity index (χ1n) is 6.45. The number of nitrogens with zero attached hydrogens (tertiary/aromatic N) is 2. The molecule has 0 atom stereocenters. The van der Waals surface area contributed by atoms with Crippen molar-refractivity contribution in [2.75, 3.05) is 0 Å². The number of rotatable bonds is 3. The van der Waals surface area contributed by atoms with Gasteiger partial charge in [0.1, 0.15) is 5.69 Å². The molecule has 4 heteroatoms. The van der Waals surface area contributed by atoms with Gasteiger partial charge >= 0.3 is 0 Å². The van der Waals surface area contributed by atoms with Gasteiger partial charge in [0.2, 0.25) is 5.78 Å². The highest BCUT2D eigenvalue weighted by Gasteiger charge is 2.18. The Bertz CT molecular complexity index is 792. The summed E-state index contributed by atoms with van der Waals surface area (Å²) < 4.78 is 1.62. The van der Waals surface area contributed by atoms with Crippen LogP contribution in [0.5, 0.6) is 0 Å². The third-order valence-electron chi connectivity index (χ3n) is 3.32. The lowest BCUT2D eigenvalue weighted by molar-refractivity contribution is 0.102. The maximum absolute atomic E-state index is 12.6. The van der Waals surface area contributed by atoms with Gasteiger partial charge in [-0.2, -0.15) is 5.10 Å². The predicted molar refractivity (Wildman–Crippen MR) is 80.3 cm³/mol. The molecular weight excluding hydrogens is 272 g/mol. The minimum absolute atomic E-state index is 0.0971. The first-order chi connectivity index (χ1) is 9.70. The number of fused-ring (bicyclic) bond motifs is 1. The van der Waals surface area contributed by atoms with Crippen LogP contribution < -0.4 is 0 Å². The Labute approximate surface area is 121 Å². The van der Waals surface area contributed by atoms with E-state index in [1.165, 1.54) is 6.20 Å². The Morgan fingerprint density at radius 1 is 1.20 bits per heavy atom. The van der Waals surface area contributed by atoms with E-state index in [2.05, 4.69) is 5.10 Å². The molecule has 0 N–H and O–H groups in total. The largest absolute Gasteiger partial charge is 0.287 e. The van der Waals surface area contributed by atoms with Gasteiger partial charge in [-0.3, -0.25) is 9.48 Å². The fraction of sp³-hybridized carbons (Fsp3) is 0.125. The van der Waals surface area contributed by atoms with Crippen molar-refractivity contribution < 1.29 is 4.79 Å². The van der Waals surface area contributed by atoms with Crippen LogP contribution in [0.1, 0.15) is 23.0 Å². The molecule has 0 saturated heterocycles. The van der Waals surface area contributed by atoms with E-state index in [9.17, 15) is 4.79 Å². The maximum atomic E-state index is 12.6. The van der Waals surface area contributed by atoms with E-state index in [4.69, 9.17) is 11.6 Å². The number of hydrogen-bond donors (Lipinski definition) is 0. The zero-order valence-electron chi connectivity index (χ0n) is 11.0. The maximum Gasteiger partial charge on any atom is 0.212 e. The Balaban J connectivity index is 2.10. The quantitative estimate of drug-likeness (QED) is 0.683. The molecule has 3 rings (SSSR count). The Kier molecular flexibility index (Phi) is 3.28. The summed E-state index contributed by atoms with van der Waals surface area (Å²) >= 11 is 6.08. The molecule has 0 fully saturated rings. The van der Waals surface area contributed by atoms with Crippen molar-refractivity contribution in [3.63, 3.8) is 0 Å². The van der Waals surface area contributed by atoms with Crippen LogP contribution in [-0.2, 0) is 6.54 Å². The predicted octanol–water partition coefficient (Wildman–Crippen LogP) is 3.94. The topological polar surface area (TPSA) is 34.9 Å². The number of halogens is 1. The SMILES string of the molecule is CCn1ncc(Cl)c1C(=O)c1ccc2ccccc2c1. The van der Waals surface area contributed by atoms with Crippen molar-refractivity contribution in [1.82, 2.24) is 9.78 Å².